The molecule has 0 unspecified atom stereocenters. The van der Waals surface area contributed by atoms with Crippen LogP contribution in [-0.4, -0.2) is 33.5 Å². The number of hydrogen-bond acceptors (Lipinski definition) is 3. The van der Waals surface area contributed by atoms with Crippen LogP contribution in [0.5, 0.6) is 0 Å². The molecule has 3 heteroatoms. The highest BCUT2D eigenvalue weighted by Crippen LogP contribution is 1.80. The van der Waals surface area contributed by atoms with Crippen LogP contribution in [0.25, 0.3) is 0 Å². The fourth-order valence-electron chi connectivity index (χ4n) is 0.516. The molecule has 0 aliphatic carbocycles. The molecule has 11 heavy (non-hydrogen) atoms. The highest BCUT2D eigenvalue weighted by molar-refractivity contribution is 4.64. The van der Waals surface area contributed by atoms with E-state index in [9.17, 15) is 0 Å². The Labute approximate surface area is 67.9 Å². The van der Waals surface area contributed by atoms with Gasteiger partial charge in [-0.05, 0) is 6.92 Å². The van der Waals surface area contributed by atoms with Gasteiger partial charge in [-0.3, -0.25) is 0 Å². The summed E-state index contributed by atoms with van der Waals surface area (Å²) in [5, 5.41) is 0. The molecular weight excluding hydrogens is 144 g/mol. The highest BCUT2D eigenvalue weighted by atomic mass is 16.5. The lowest BCUT2D eigenvalue weighted by molar-refractivity contribution is 0.0463. The Hall–Kier alpha value is -0.540. The van der Waals surface area contributed by atoms with Gasteiger partial charge >= 0.3 is 0 Å². The fraction of sp³-hybridized carbons (Fsp3) is 0.750. The second-order valence-electron chi connectivity index (χ2n) is 1.95. The molecule has 0 aliphatic heterocycles. The van der Waals surface area contributed by atoms with Gasteiger partial charge in [0.1, 0.15) is 6.61 Å². The van der Waals surface area contributed by atoms with Crippen molar-refractivity contribution in [2.24, 2.45) is 0 Å². The summed E-state index contributed by atoms with van der Waals surface area (Å²) in [4.78, 5) is 0. The Morgan fingerprint density at radius 3 is 2.45 bits per heavy atom. The summed E-state index contributed by atoms with van der Waals surface area (Å²) in [6.45, 7) is 4.41. The maximum Gasteiger partial charge on any atom is 0.111 e. The molecule has 0 rings (SSSR count). The molecular formula is C8H16O3. The van der Waals surface area contributed by atoms with E-state index in [0.29, 0.717) is 26.4 Å². The highest BCUT2D eigenvalue weighted by Gasteiger charge is 1.85. The Morgan fingerprint density at radius 2 is 1.82 bits per heavy atom. The predicted molar refractivity (Wildman–Crippen MR) is 43.5 cm³/mol. The lowest BCUT2D eigenvalue weighted by Crippen LogP contribution is -2.06. The fourth-order valence-corrected chi connectivity index (χ4v) is 0.516. The van der Waals surface area contributed by atoms with Gasteiger partial charge in [0, 0.05) is 7.11 Å². The largest absolute Gasteiger partial charge is 0.499 e. The Bertz CT molecular complexity index is 91.3. The van der Waals surface area contributed by atoms with E-state index in [1.165, 1.54) is 0 Å². The number of methoxy groups -OCH3 is 1. The topological polar surface area (TPSA) is 27.7 Å². The number of hydrogen-bond donors (Lipinski definition) is 0. The zero-order valence-corrected chi connectivity index (χ0v) is 7.21. The Balaban J connectivity index is 2.79. The van der Waals surface area contributed by atoms with E-state index < -0.39 is 0 Å². The first-order chi connectivity index (χ1) is 5.41. The van der Waals surface area contributed by atoms with Crippen molar-refractivity contribution in [3.05, 3.63) is 12.3 Å². The van der Waals surface area contributed by atoms with Crippen LogP contribution < -0.4 is 0 Å². The summed E-state index contributed by atoms with van der Waals surface area (Å²) < 4.78 is 14.9. The van der Waals surface area contributed by atoms with Crippen molar-refractivity contribution in [1.82, 2.24) is 0 Å². The molecule has 0 spiro atoms. The van der Waals surface area contributed by atoms with Crippen LogP contribution in [0.3, 0.4) is 0 Å². The second-order valence-corrected chi connectivity index (χ2v) is 1.95. The summed E-state index contributed by atoms with van der Waals surface area (Å²) in [5.74, 6) is 0. The third kappa shape index (κ3) is 9.46. The van der Waals surface area contributed by atoms with Gasteiger partial charge in [-0.2, -0.15) is 0 Å². The minimum atomic E-state index is 0.605. The lowest BCUT2D eigenvalue weighted by atomic mass is 10.7. The smallest absolute Gasteiger partial charge is 0.111 e. The molecule has 66 valence electrons. The number of ether oxygens (including phenoxy) is 3. The van der Waals surface area contributed by atoms with Gasteiger partial charge in [-0.15, -0.1) is 0 Å². The van der Waals surface area contributed by atoms with Crippen molar-refractivity contribution < 1.29 is 14.2 Å². The monoisotopic (exact) mass is 160 g/mol. The van der Waals surface area contributed by atoms with Gasteiger partial charge in [0.25, 0.3) is 0 Å². The molecule has 0 aliphatic rings. The third-order valence-electron chi connectivity index (χ3n) is 1.01. The Morgan fingerprint density at radius 1 is 1.09 bits per heavy atom. The SMILES string of the molecule is CC=COCCOCCOC. The summed E-state index contributed by atoms with van der Waals surface area (Å²) in [7, 11) is 1.65. The molecule has 0 aromatic heterocycles. The van der Waals surface area contributed by atoms with Crippen molar-refractivity contribution in [2.75, 3.05) is 33.5 Å². The minimum absolute atomic E-state index is 0.605. The van der Waals surface area contributed by atoms with Crippen molar-refractivity contribution >= 4 is 0 Å². The minimum Gasteiger partial charge on any atom is -0.499 e. The molecule has 0 heterocycles. The first-order valence-electron chi connectivity index (χ1n) is 3.71. The average molecular weight is 160 g/mol. The molecule has 0 fully saturated rings. The van der Waals surface area contributed by atoms with E-state index >= 15 is 0 Å². The second kappa shape index (κ2) is 9.46. The molecule has 0 aromatic carbocycles. The normalized spacial score (nSPS) is 10.7. The van der Waals surface area contributed by atoms with Crippen LogP contribution in [0, 0.1) is 0 Å². The molecule has 0 amide bonds. The van der Waals surface area contributed by atoms with E-state index in [0.717, 1.165) is 0 Å². The Kier molecular flexibility index (Phi) is 9.00. The van der Waals surface area contributed by atoms with E-state index in [4.69, 9.17) is 14.2 Å². The third-order valence-corrected chi connectivity index (χ3v) is 1.01. The summed E-state index contributed by atoms with van der Waals surface area (Å²) in [5.41, 5.74) is 0. The quantitative estimate of drug-likeness (QED) is 0.413. The van der Waals surface area contributed by atoms with Gasteiger partial charge in [-0.1, -0.05) is 6.08 Å². The van der Waals surface area contributed by atoms with Gasteiger partial charge in [-0.25, -0.2) is 0 Å². The maximum atomic E-state index is 5.14. The maximum absolute atomic E-state index is 5.14. The molecule has 0 bridgehead atoms. The van der Waals surface area contributed by atoms with E-state index in [1.54, 1.807) is 13.4 Å². The molecule has 0 saturated carbocycles. The zero-order valence-electron chi connectivity index (χ0n) is 7.21. The van der Waals surface area contributed by atoms with E-state index in [-0.39, 0.29) is 0 Å². The average Bonchev–Trinajstić information content (AvgIpc) is 2.03. The molecule has 0 aromatic rings. The van der Waals surface area contributed by atoms with Crippen molar-refractivity contribution in [1.29, 1.82) is 0 Å². The van der Waals surface area contributed by atoms with Gasteiger partial charge in [0.2, 0.25) is 0 Å². The van der Waals surface area contributed by atoms with Gasteiger partial charge in [0.15, 0.2) is 0 Å². The van der Waals surface area contributed by atoms with Crippen molar-refractivity contribution in [3.8, 4) is 0 Å². The molecule has 0 N–H and O–H groups in total. The molecule has 0 saturated heterocycles. The first-order valence-corrected chi connectivity index (χ1v) is 3.71. The van der Waals surface area contributed by atoms with Crippen LogP contribution in [-0.2, 0) is 14.2 Å². The lowest BCUT2D eigenvalue weighted by Gasteiger charge is -2.02. The summed E-state index contributed by atoms with van der Waals surface area (Å²) >= 11 is 0. The molecule has 0 atom stereocenters. The van der Waals surface area contributed by atoms with Crippen LogP contribution in [0.2, 0.25) is 0 Å². The first kappa shape index (κ1) is 10.5. The van der Waals surface area contributed by atoms with Crippen LogP contribution in [0.1, 0.15) is 6.92 Å². The molecule has 0 radical (unpaired) electrons. The van der Waals surface area contributed by atoms with Crippen molar-refractivity contribution in [2.45, 2.75) is 6.92 Å². The van der Waals surface area contributed by atoms with Crippen LogP contribution >= 0.6 is 0 Å². The standard InChI is InChI=1S/C8H16O3/c1-3-4-10-7-8-11-6-5-9-2/h3-4H,5-8H2,1-2H3. The summed E-state index contributed by atoms with van der Waals surface area (Å²) in [6, 6.07) is 0. The summed E-state index contributed by atoms with van der Waals surface area (Å²) in [6.07, 6.45) is 3.49. The number of allylic oxidation sites excluding steroid dienone is 1. The molecule has 3 nitrogen and oxygen atoms in total. The van der Waals surface area contributed by atoms with Crippen LogP contribution in [0.4, 0.5) is 0 Å². The van der Waals surface area contributed by atoms with E-state index in [1.807, 2.05) is 13.0 Å². The van der Waals surface area contributed by atoms with Gasteiger partial charge in [0.05, 0.1) is 26.1 Å². The number of rotatable bonds is 7. The van der Waals surface area contributed by atoms with E-state index in [2.05, 4.69) is 0 Å². The van der Waals surface area contributed by atoms with Crippen molar-refractivity contribution in [3.63, 3.8) is 0 Å². The van der Waals surface area contributed by atoms with Gasteiger partial charge < -0.3 is 14.2 Å². The predicted octanol–water partition coefficient (Wildman–Crippen LogP) is 1.20. The zero-order chi connectivity index (χ0) is 8.36. The van der Waals surface area contributed by atoms with Crippen LogP contribution in [0.15, 0.2) is 12.3 Å².